The first kappa shape index (κ1) is 23.2. The lowest BCUT2D eigenvalue weighted by atomic mass is 9.96. The number of aromatic nitrogens is 1. The van der Waals surface area contributed by atoms with Crippen LogP contribution in [0.15, 0.2) is 108 Å². The topological polar surface area (TPSA) is 34.0 Å². The van der Waals surface area contributed by atoms with Crippen LogP contribution in [-0.4, -0.2) is 11.7 Å². The summed E-state index contributed by atoms with van der Waals surface area (Å²) in [6.07, 6.45) is 21.4. The van der Waals surface area contributed by atoms with E-state index in [2.05, 4.69) is 47.9 Å². The van der Waals surface area contributed by atoms with E-state index in [1.54, 1.807) is 24.0 Å². The van der Waals surface area contributed by atoms with Crippen molar-refractivity contribution in [1.29, 1.82) is 0 Å². The van der Waals surface area contributed by atoms with Crippen LogP contribution in [0, 0.1) is 0 Å². The van der Waals surface area contributed by atoms with Crippen LogP contribution in [0.2, 0.25) is 0 Å². The van der Waals surface area contributed by atoms with Crippen molar-refractivity contribution in [3.63, 3.8) is 0 Å². The van der Waals surface area contributed by atoms with Crippen LogP contribution in [0.4, 0.5) is 8.78 Å². The molecule has 0 amide bonds. The Morgan fingerprint density at radius 1 is 1.06 bits per heavy atom. The molecule has 0 saturated heterocycles. The number of nitrogens with zero attached hydrogens (tertiary/aromatic N) is 1. The molecule has 2 aromatic rings. The Hall–Kier alpha value is -3.99. The first-order chi connectivity index (χ1) is 16.6. The largest absolute Gasteiger partial charge is 0.329 e. The highest BCUT2D eigenvalue weighted by Crippen LogP contribution is 2.32. The zero-order valence-corrected chi connectivity index (χ0v) is 19.0. The van der Waals surface area contributed by atoms with E-state index in [4.69, 9.17) is 0 Å². The van der Waals surface area contributed by atoms with Gasteiger partial charge in [-0.05, 0) is 54.2 Å². The van der Waals surface area contributed by atoms with Gasteiger partial charge in [-0.25, -0.2) is 8.78 Å². The summed E-state index contributed by atoms with van der Waals surface area (Å²) in [5.74, 6) is -1.51. The Kier molecular flexibility index (Phi) is 7.33. The molecule has 1 aromatic carbocycles. The average Bonchev–Trinajstić information content (AvgIpc) is 3.21. The van der Waals surface area contributed by atoms with Crippen LogP contribution in [0.3, 0.4) is 0 Å². The predicted octanol–water partition coefficient (Wildman–Crippen LogP) is 6.67. The Balaban J connectivity index is 1.75. The minimum Gasteiger partial charge on any atom is -0.329 e. The lowest BCUT2D eigenvalue weighted by molar-refractivity contribution is 0.640. The Morgan fingerprint density at radius 2 is 1.88 bits per heavy atom. The minimum atomic E-state index is -0.766. The Labute approximate surface area is 198 Å². The number of rotatable bonds is 6. The minimum absolute atomic E-state index is 0.0151. The van der Waals surface area contributed by atoms with E-state index in [9.17, 15) is 13.6 Å². The first-order valence-electron chi connectivity index (χ1n) is 11.2. The van der Waals surface area contributed by atoms with Gasteiger partial charge in [-0.15, -0.1) is 0 Å². The number of nitrogens with one attached hydrogen (secondary N) is 1. The predicted molar refractivity (Wildman–Crippen MR) is 137 cm³/mol. The maximum atomic E-state index is 14.8. The Morgan fingerprint density at radius 3 is 2.74 bits per heavy atom. The average molecular weight is 457 g/mol. The van der Waals surface area contributed by atoms with Crippen molar-refractivity contribution >= 4 is 17.2 Å². The number of hydrogen-bond acceptors (Lipinski definition) is 2. The van der Waals surface area contributed by atoms with Crippen molar-refractivity contribution in [1.82, 2.24) is 4.68 Å². The van der Waals surface area contributed by atoms with Gasteiger partial charge in [0.2, 0.25) is 0 Å². The lowest BCUT2D eigenvalue weighted by Crippen LogP contribution is -2.21. The van der Waals surface area contributed by atoms with Gasteiger partial charge in [-0.1, -0.05) is 66.8 Å². The van der Waals surface area contributed by atoms with Gasteiger partial charge < -0.3 is 5.43 Å². The van der Waals surface area contributed by atoms with Gasteiger partial charge in [0, 0.05) is 19.3 Å². The molecule has 2 aliphatic rings. The molecule has 0 aliphatic heterocycles. The molecule has 34 heavy (non-hydrogen) atoms. The molecule has 0 radical (unpaired) electrons. The molecule has 1 N–H and O–H groups in total. The van der Waals surface area contributed by atoms with E-state index in [-0.39, 0.29) is 17.6 Å². The normalized spacial score (nSPS) is 15.9. The summed E-state index contributed by atoms with van der Waals surface area (Å²) >= 11 is 0. The smallest absolute Gasteiger partial charge is 0.190 e. The summed E-state index contributed by atoms with van der Waals surface area (Å²) in [5, 5.41) is 0. The van der Waals surface area contributed by atoms with Crippen molar-refractivity contribution in [3.8, 4) is 0 Å². The monoisotopic (exact) mass is 456 g/mol. The highest BCUT2D eigenvalue weighted by Gasteiger charge is 2.22. The van der Waals surface area contributed by atoms with Crippen LogP contribution in [0.25, 0.3) is 17.2 Å². The van der Waals surface area contributed by atoms with Crippen molar-refractivity contribution in [2.75, 3.05) is 12.5 Å². The highest BCUT2D eigenvalue weighted by molar-refractivity contribution is 5.84. The number of pyridine rings is 1. The van der Waals surface area contributed by atoms with E-state index in [1.165, 1.54) is 24.3 Å². The molecule has 0 fully saturated rings. The van der Waals surface area contributed by atoms with E-state index < -0.39 is 17.1 Å². The zero-order valence-electron chi connectivity index (χ0n) is 19.0. The van der Waals surface area contributed by atoms with Crippen LogP contribution >= 0.6 is 0 Å². The quantitative estimate of drug-likeness (QED) is 0.527. The molecule has 0 unspecified atom stereocenters. The summed E-state index contributed by atoms with van der Waals surface area (Å²) in [5.41, 5.74) is 5.91. The summed E-state index contributed by atoms with van der Waals surface area (Å²) in [6, 6.07) is 9.43. The third-order valence-corrected chi connectivity index (χ3v) is 5.73. The second-order valence-corrected chi connectivity index (χ2v) is 7.90. The Bertz CT molecular complexity index is 1350. The molecule has 3 nitrogen and oxygen atoms in total. The summed E-state index contributed by atoms with van der Waals surface area (Å²) in [6.45, 7) is 0. The van der Waals surface area contributed by atoms with Crippen LogP contribution in [0.5, 0.6) is 0 Å². The van der Waals surface area contributed by atoms with Gasteiger partial charge in [0.1, 0.15) is 11.7 Å². The molecule has 1 aromatic heterocycles. The molecular formula is C29H26F2N2O. The summed E-state index contributed by atoms with van der Waals surface area (Å²) < 4.78 is 31.2. The van der Waals surface area contributed by atoms with Crippen molar-refractivity contribution < 1.29 is 8.78 Å². The third-order valence-electron chi connectivity index (χ3n) is 5.73. The third kappa shape index (κ3) is 4.99. The molecule has 4 rings (SSSR count). The molecule has 5 heteroatoms. The fourth-order valence-electron chi connectivity index (χ4n) is 4.08. The van der Waals surface area contributed by atoms with Crippen LogP contribution < -0.4 is 10.9 Å². The fourth-order valence-corrected chi connectivity index (χ4v) is 4.08. The molecule has 2 aliphatic carbocycles. The molecule has 0 bridgehead atoms. The maximum Gasteiger partial charge on any atom is 0.190 e. The number of halogens is 2. The second kappa shape index (κ2) is 10.8. The molecular weight excluding hydrogens is 430 g/mol. The molecule has 0 spiro atoms. The fraction of sp³-hybridized carbons (Fsp3) is 0.138. The van der Waals surface area contributed by atoms with Crippen molar-refractivity contribution in [2.24, 2.45) is 0 Å². The lowest BCUT2D eigenvalue weighted by Gasteiger charge is -2.16. The SMILES string of the molecule is CNn1ccc(=O)c(C2=C(F)C=CCC=C2F)c1/C=C\Cc1ccccc1C1=CC=CCC=C1. The van der Waals surface area contributed by atoms with Gasteiger partial charge >= 0.3 is 0 Å². The molecule has 0 atom stereocenters. The second-order valence-electron chi connectivity index (χ2n) is 7.90. The molecule has 1 heterocycles. The summed E-state index contributed by atoms with van der Waals surface area (Å²) in [4.78, 5) is 12.8. The van der Waals surface area contributed by atoms with Gasteiger partial charge in [0.15, 0.2) is 5.43 Å². The van der Waals surface area contributed by atoms with Crippen LogP contribution in [0.1, 0.15) is 35.2 Å². The molecule has 0 saturated carbocycles. The maximum absolute atomic E-state index is 14.8. The van der Waals surface area contributed by atoms with E-state index in [1.807, 2.05) is 18.2 Å². The van der Waals surface area contributed by atoms with E-state index >= 15 is 0 Å². The van der Waals surface area contributed by atoms with Gasteiger partial charge in [-0.2, -0.15) is 0 Å². The number of benzene rings is 1. The zero-order chi connectivity index (χ0) is 23.9. The van der Waals surface area contributed by atoms with E-state index in [0.29, 0.717) is 12.1 Å². The van der Waals surface area contributed by atoms with E-state index in [0.717, 1.165) is 23.1 Å². The number of hydrogen-bond donors (Lipinski definition) is 1. The van der Waals surface area contributed by atoms with Gasteiger partial charge in [0.25, 0.3) is 0 Å². The highest BCUT2D eigenvalue weighted by atomic mass is 19.1. The first-order valence-corrected chi connectivity index (χ1v) is 11.2. The number of allylic oxidation sites excluding steroid dienone is 13. The van der Waals surface area contributed by atoms with Crippen LogP contribution in [-0.2, 0) is 6.42 Å². The summed E-state index contributed by atoms with van der Waals surface area (Å²) in [7, 11) is 1.68. The molecule has 172 valence electrons. The standard InChI is InChI=1S/C29H26F2N2O/c1-32-33-20-19-27(34)29(28-24(30)16-8-9-17-25(28)31)26(33)18-10-14-22-13-6-7-15-23(22)21-11-4-2-3-5-12-21/h2,4-8,10-13,15-20,32H,3,9,14H2,1H3/b18-10-. The van der Waals surface area contributed by atoms with Crippen molar-refractivity contribution in [3.05, 3.63) is 135 Å². The van der Waals surface area contributed by atoms with Gasteiger partial charge in [-0.3, -0.25) is 9.47 Å². The van der Waals surface area contributed by atoms with Crippen molar-refractivity contribution in [2.45, 2.75) is 19.3 Å². The van der Waals surface area contributed by atoms with Gasteiger partial charge in [0.05, 0.1) is 16.8 Å².